The highest BCUT2D eigenvalue weighted by molar-refractivity contribution is 5.96. The SMILES string of the molecule is Cc1ccc(N2CC(c3nc(-c4ccncc4)no3)CC2=O)c(F)c1. The van der Waals surface area contributed by atoms with Gasteiger partial charge >= 0.3 is 0 Å². The van der Waals surface area contributed by atoms with Gasteiger partial charge in [-0.3, -0.25) is 9.78 Å². The van der Waals surface area contributed by atoms with Crippen LogP contribution in [0.3, 0.4) is 0 Å². The van der Waals surface area contributed by atoms with Gasteiger partial charge in [-0.2, -0.15) is 4.98 Å². The third-order valence-corrected chi connectivity index (χ3v) is 4.25. The molecule has 6 nitrogen and oxygen atoms in total. The molecule has 1 saturated heterocycles. The zero-order chi connectivity index (χ0) is 17.4. The second-order valence-corrected chi connectivity index (χ2v) is 6.05. The molecular weight excluding hydrogens is 323 g/mol. The van der Waals surface area contributed by atoms with Gasteiger partial charge in [0.15, 0.2) is 0 Å². The molecule has 4 rings (SSSR count). The Labute approximate surface area is 143 Å². The molecule has 25 heavy (non-hydrogen) atoms. The topological polar surface area (TPSA) is 72.1 Å². The minimum atomic E-state index is -0.406. The average molecular weight is 338 g/mol. The maximum atomic E-state index is 14.2. The molecule has 0 N–H and O–H groups in total. The third kappa shape index (κ3) is 2.88. The average Bonchev–Trinajstić information content (AvgIpc) is 3.23. The van der Waals surface area contributed by atoms with E-state index in [1.165, 1.54) is 11.0 Å². The molecule has 1 aromatic carbocycles. The summed E-state index contributed by atoms with van der Waals surface area (Å²) in [5, 5.41) is 3.97. The second kappa shape index (κ2) is 6.08. The Hall–Kier alpha value is -3.09. The number of hydrogen-bond donors (Lipinski definition) is 0. The van der Waals surface area contributed by atoms with E-state index in [0.717, 1.165) is 11.1 Å². The number of hydrogen-bond acceptors (Lipinski definition) is 5. The third-order valence-electron chi connectivity index (χ3n) is 4.25. The lowest BCUT2D eigenvalue weighted by molar-refractivity contribution is -0.117. The van der Waals surface area contributed by atoms with E-state index in [1.807, 2.05) is 0 Å². The van der Waals surface area contributed by atoms with E-state index in [4.69, 9.17) is 4.52 Å². The number of aryl methyl sites for hydroxylation is 1. The Balaban J connectivity index is 1.57. The van der Waals surface area contributed by atoms with Crippen LogP contribution in [0, 0.1) is 12.7 Å². The van der Waals surface area contributed by atoms with Crippen LogP contribution in [-0.2, 0) is 4.79 Å². The molecule has 0 spiro atoms. The number of amides is 1. The van der Waals surface area contributed by atoms with Crippen LogP contribution in [0.4, 0.5) is 10.1 Å². The van der Waals surface area contributed by atoms with Crippen molar-refractivity contribution in [2.75, 3.05) is 11.4 Å². The molecule has 3 heterocycles. The zero-order valence-corrected chi connectivity index (χ0v) is 13.5. The number of carbonyl (C=O) groups is 1. The smallest absolute Gasteiger partial charge is 0.232 e. The van der Waals surface area contributed by atoms with Gasteiger partial charge in [-0.15, -0.1) is 0 Å². The second-order valence-electron chi connectivity index (χ2n) is 6.05. The van der Waals surface area contributed by atoms with Crippen LogP contribution < -0.4 is 4.90 Å². The molecule has 1 aliphatic heterocycles. The number of rotatable bonds is 3. The Morgan fingerprint density at radius 3 is 2.80 bits per heavy atom. The molecule has 1 aliphatic rings. The van der Waals surface area contributed by atoms with Gasteiger partial charge in [0.05, 0.1) is 11.6 Å². The maximum absolute atomic E-state index is 14.2. The van der Waals surface area contributed by atoms with Crippen molar-refractivity contribution < 1.29 is 13.7 Å². The highest BCUT2D eigenvalue weighted by atomic mass is 19.1. The molecule has 1 unspecified atom stereocenters. The number of pyridine rings is 1. The zero-order valence-electron chi connectivity index (χ0n) is 13.5. The standard InChI is InChI=1S/C18H15FN4O2/c1-11-2-3-15(14(19)8-11)23-10-13(9-16(23)24)18-21-17(22-25-18)12-4-6-20-7-5-12/h2-8,13H,9-10H2,1H3. The van der Waals surface area contributed by atoms with Crippen molar-refractivity contribution in [3.63, 3.8) is 0 Å². The van der Waals surface area contributed by atoms with E-state index >= 15 is 0 Å². The van der Waals surface area contributed by atoms with Gasteiger partial charge in [0.25, 0.3) is 0 Å². The molecule has 7 heteroatoms. The van der Waals surface area contributed by atoms with E-state index in [9.17, 15) is 9.18 Å². The first-order chi connectivity index (χ1) is 12.1. The number of nitrogens with zero attached hydrogens (tertiary/aromatic N) is 4. The fraction of sp³-hybridized carbons (Fsp3) is 0.222. The lowest BCUT2D eigenvalue weighted by Gasteiger charge is -2.17. The van der Waals surface area contributed by atoms with E-state index in [1.54, 1.807) is 43.6 Å². The molecule has 0 bridgehead atoms. The molecule has 0 radical (unpaired) electrons. The van der Waals surface area contributed by atoms with Crippen molar-refractivity contribution in [2.45, 2.75) is 19.3 Å². The lowest BCUT2D eigenvalue weighted by atomic mass is 10.1. The number of carbonyl (C=O) groups excluding carboxylic acids is 1. The quantitative estimate of drug-likeness (QED) is 0.734. The molecule has 3 aromatic rings. The summed E-state index contributed by atoms with van der Waals surface area (Å²) in [7, 11) is 0. The Bertz CT molecular complexity index is 926. The first-order valence-corrected chi connectivity index (χ1v) is 7.92. The maximum Gasteiger partial charge on any atom is 0.232 e. The number of aromatic nitrogens is 3. The predicted molar refractivity (Wildman–Crippen MR) is 88.4 cm³/mol. The first-order valence-electron chi connectivity index (χ1n) is 7.92. The van der Waals surface area contributed by atoms with Crippen LogP contribution in [0.2, 0.25) is 0 Å². The monoisotopic (exact) mass is 338 g/mol. The van der Waals surface area contributed by atoms with Crippen molar-refractivity contribution in [1.29, 1.82) is 0 Å². The molecule has 0 saturated carbocycles. The van der Waals surface area contributed by atoms with Crippen molar-refractivity contribution >= 4 is 11.6 Å². The normalized spacial score (nSPS) is 17.3. The molecule has 1 amide bonds. The van der Waals surface area contributed by atoms with Crippen LogP contribution >= 0.6 is 0 Å². The van der Waals surface area contributed by atoms with Crippen LogP contribution in [0.5, 0.6) is 0 Å². The van der Waals surface area contributed by atoms with Crippen LogP contribution in [0.25, 0.3) is 11.4 Å². The van der Waals surface area contributed by atoms with E-state index < -0.39 is 5.82 Å². The molecule has 2 aromatic heterocycles. The Morgan fingerprint density at radius 2 is 2.04 bits per heavy atom. The van der Waals surface area contributed by atoms with Gasteiger partial charge in [-0.1, -0.05) is 11.2 Å². The highest BCUT2D eigenvalue weighted by Crippen LogP contribution is 2.33. The Kier molecular flexibility index (Phi) is 3.76. The summed E-state index contributed by atoms with van der Waals surface area (Å²) < 4.78 is 19.5. The van der Waals surface area contributed by atoms with Crippen LogP contribution in [0.15, 0.2) is 47.2 Å². The number of benzene rings is 1. The first kappa shape index (κ1) is 15.4. The van der Waals surface area contributed by atoms with Gasteiger partial charge < -0.3 is 9.42 Å². The van der Waals surface area contributed by atoms with Gasteiger partial charge in [0, 0.05) is 30.9 Å². The fourth-order valence-corrected chi connectivity index (χ4v) is 2.96. The summed E-state index contributed by atoms with van der Waals surface area (Å²) in [4.78, 5) is 22.1. The van der Waals surface area contributed by atoms with Gasteiger partial charge in [-0.25, -0.2) is 4.39 Å². The van der Waals surface area contributed by atoms with Gasteiger partial charge in [-0.05, 0) is 36.8 Å². The largest absolute Gasteiger partial charge is 0.339 e. The predicted octanol–water partition coefficient (Wildman–Crippen LogP) is 3.10. The van der Waals surface area contributed by atoms with Crippen molar-refractivity contribution in [1.82, 2.24) is 15.1 Å². The van der Waals surface area contributed by atoms with Crippen LogP contribution in [0.1, 0.15) is 23.8 Å². The summed E-state index contributed by atoms with van der Waals surface area (Å²) in [6.07, 6.45) is 3.50. The fourth-order valence-electron chi connectivity index (χ4n) is 2.96. The van der Waals surface area contributed by atoms with Crippen LogP contribution in [-0.4, -0.2) is 27.6 Å². The van der Waals surface area contributed by atoms with E-state index in [-0.39, 0.29) is 23.9 Å². The summed E-state index contributed by atoms with van der Waals surface area (Å²) in [5.74, 6) is 0.0182. The van der Waals surface area contributed by atoms with E-state index in [2.05, 4.69) is 15.1 Å². The molecule has 1 fully saturated rings. The highest BCUT2D eigenvalue weighted by Gasteiger charge is 2.36. The molecule has 1 atom stereocenters. The minimum Gasteiger partial charge on any atom is -0.339 e. The van der Waals surface area contributed by atoms with E-state index in [0.29, 0.717) is 18.3 Å². The molecule has 126 valence electrons. The molecular formula is C18H15FN4O2. The summed E-state index contributed by atoms with van der Waals surface area (Å²) in [5.41, 5.74) is 1.88. The summed E-state index contributed by atoms with van der Waals surface area (Å²) in [6.45, 7) is 2.12. The van der Waals surface area contributed by atoms with Gasteiger partial charge in [0.1, 0.15) is 5.82 Å². The number of halogens is 1. The minimum absolute atomic E-state index is 0.156. The van der Waals surface area contributed by atoms with Crippen molar-refractivity contribution in [3.05, 3.63) is 60.0 Å². The number of anilines is 1. The van der Waals surface area contributed by atoms with Crippen molar-refractivity contribution in [2.24, 2.45) is 0 Å². The summed E-state index contributed by atoms with van der Waals surface area (Å²) >= 11 is 0. The van der Waals surface area contributed by atoms with Crippen molar-refractivity contribution in [3.8, 4) is 11.4 Å². The lowest BCUT2D eigenvalue weighted by Crippen LogP contribution is -2.25. The molecule has 0 aliphatic carbocycles. The Morgan fingerprint density at radius 1 is 1.24 bits per heavy atom. The summed E-state index contributed by atoms with van der Waals surface area (Å²) in [6, 6.07) is 8.39. The van der Waals surface area contributed by atoms with Gasteiger partial charge in [0.2, 0.25) is 17.6 Å².